The summed E-state index contributed by atoms with van der Waals surface area (Å²) in [5, 5.41) is 11.6. The number of aliphatic hydroxyl groups is 1. The van der Waals surface area contributed by atoms with Crippen molar-refractivity contribution < 1.29 is 27.9 Å². The first-order valence-electron chi connectivity index (χ1n) is 13.1. The number of amides is 1. The highest BCUT2D eigenvalue weighted by Gasteiger charge is 2.42. The summed E-state index contributed by atoms with van der Waals surface area (Å²) in [6.45, 7) is 8.47. The fourth-order valence-electron chi connectivity index (χ4n) is 5.28. The van der Waals surface area contributed by atoms with E-state index in [1.165, 1.54) is 11.1 Å². The maximum atomic E-state index is 13.8. The van der Waals surface area contributed by atoms with Crippen LogP contribution in [-0.4, -0.2) is 29.9 Å². The number of carbonyl (C=O) groups is 2. The number of carbonyl (C=O) groups excluding carboxylic acids is 2. The molecule has 8 heteroatoms. The predicted molar refractivity (Wildman–Crippen MR) is 141 cm³/mol. The molecule has 1 aliphatic carbocycles. The molecule has 0 fully saturated rings. The third kappa shape index (κ3) is 7.44. The normalized spacial score (nSPS) is 14.9. The molecule has 1 heterocycles. The predicted octanol–water partition coefficient (Wildman–Crippen LogP) is 6.40. The number of fused-ring (bicyclic) bond motifs is 1. The van der Waals surface area contributed by atoms with Crippen LogP contribution in [0.25, 0.3) is 0 Å². The number of alkyl halides is 3. The van der Waals surface area contributed by atoms with Gasteiger partial charge in [-0.1, -0.05) is 32.9 Å². The topological polar surface area (TPSA) is 66.4 Å². The van der Waals surface area contributed by atoms with Crippen molar-refractivity contribution in [3.8, 4) is 0 Å². The Bertz CT molecular complexity index is 1130. The largest absolute Gasteiger partial charge is 0.425 e. The van der Waals surface area contributed by atoms with Gasteiger partial charge in [0.05, 0.1) is 11.5 Å². The monoisotopic (exact) mass is 537 g/mol. The molecule has 1 aromatic heterocycles. The first-order chi connectivity index (χ1) is 17.4. The lowest BCUT2D eigenvalue weighted by Gasteiger charge is -2.30. The van der Waals surface area contributed by atoms with Crippen LogP contribution in [0.5, 0.6) is 0 Å². The van der Waals surface area contributed by atoms with Gasteiger partial charge in [-0.3, -0.25) is 9.59 Å². The average molecular weight is 538 g/mol. The Kier molecular flexibility index (Phi) is 9.62. The number of benzene rings is 1. The summed E-state index contributed by atoms with van der Waals surface area (Å²) in [4.78, 5) is 24.4. The summed E-state index contributed by atoms with van der Waals surface area (Å²) >= 11 is 0.637. The molecular formula is C29H38F3NO3S. The zero-order chi connectivity index (χ0) is 27.4. The number of aliphatic hydroxyl groups excluding tert-OH is 1. The van der Waals surface area contributed by atoms with Gasteiger partial charge in [-0.2, -0.15) is 13.2 Å². The zero-order valence-electron chi connectivity index (χ0n) is 22.2. The van der Waals surface area contributed by atoms with E-state index in [4.69, 9.17) is 5.11 Å². The van der Waals surface area contributed by atoms with Crippen LogP contribution in [0.1, 0.15) is 94.4 Å². The van der Waals surface area contributed by atoms with E-state index in [1.807, 2.05) is 20.8 Å². The molecule has 0 atom stereocenters. The minimum Gasteiger partial charge on any atom is -0.396 e. The number of ketones is 1. The van der Waals surface area contributed by atoms with Crippen LogP contribution in [0.3, 0.4) is 0 Å². The molecule has 0 spiro atoms. The van der Waals surface area contributed by atoms with Crippen LogP contribution in [0.2, 0.25) is 0 Å². The molecular weight excluding hydrogens is 499 g/mol. The second-order valence-corrected chi connectivity index (χ2v) is 11.8. The maximum Gasteiger partial charge on any atom is 0.425 e. The highest BCUT2D eigenvalue weighted by atomic mass is 32.1. The number of hydrogen-bond acceptors (Lipinski definition) is 4. The fraction of sp³-hybridized carbons (Fsp3) is 0.586. The number of thiophene rings is 1. The zero-order valence-corrected chi connectivity index (χ0v) is 23.1. The first kappa shape index (κ1) is 29.4. The summed E-state index contributed by atoms with van der Waals surface area (Å²) in [7, 11) is 0. The molecule has 2 N–H and O–H groups in total. The number of nitrogens with one attached hydrogen (secondary N) is 1. The Morgan fingerprint density at radius 2 is 1.86 bits per heavy atom. The first-order valence-corrected chi connectivity index (χ1v) is 13.9. The molecule has 0 aliphatic heterocycles. The minimum atomic E-state index is -4.44. The summed E-state index contributed by atoms with van der Waals surface area (Å²) in [6.07, 6.45) is 0.419. The van der Waals surface area contributed by atoms with Crippen molar-refractivity contribution in [1.82, 2.24) is 5.32 Å². The lowest BCUT2D eigenvalue weighted by molar-refractivity contribution is -0.135. The van der Waals surface area contributed by atoms with Crippen molar-refractivity contribution in [2.24, 2.45) is 5.41 Å². The number of Topliss-reactive ketones (excluding diaryl/α,β-unsaturated/α-hetero) is 1. The van der Waals surface area contributed by atoms with Gasteiger partial charge < -0.3 is 10.4 Å². The number of aryl methyl sites for hydroxylation is 3. The van der Waals surface area contributed by atoms with Crippen LogP contribution in [0.4, 0.5) is 13.2 Å². The Balaban J connectivity index is 1.70. The molecule has 4 nitrogen and oxygen atoms in total. The van der Waals surface area contributed by atoms with Gasteiger partial charge >= 0.3 is 6.18 Å². The van der Waals surface area contributed by atoms with Crippen LogP contribution < -0.4 is 5.32 Å². The molecule has 0 saturated carbocycles. The second-order valence-electron chi connectivity index (χ2n) is 10.8. The Hall–Kier alpha value is -2.19. The van der Waals surface area contributed by atoms with Gasteiger partial charge in [0, 0.05) is 19.4 Å². The molecule has 37 heavy (non-hydrogen) atoms. The van der Waals surface area contributed by atoms with Gasteiger partial charge in [0.2, 0.25) is 5.91 Å². The molecule has 0 unspecified atom stereocenters. The van der Waals surface area contributed by atoms with E-state index in [1.54, 1.807) is 0 Å². The summed E-state index contributed by atoms with van der Waals surface area (Å²) in [5.41, 5.74) is 5.32. The molecule has 3 rings (SSSR count). The lowest BCUT2D eigenvalue weighted by atomic mass is 9.74. The van der Waals surface area contributed by atoms with Crippen LogP contribution in [-0.2, 0) is 43.1 Å². The second kappa shape index (κ2) is 12.1. The van der Waals surface area contributed by atoms with E-state index < -0.39 is 11.1 Å². The molecule has 0 saturated heterocycles. The Morgan fingerprint density at radius 1 is 1.14 bits per heavy atom. The quantitative estimate of drug-likeness (QED) is 0.258. The SMILES string of the molecule is CCc1cc(CCC(=O)c2sc(C(F)(F)F)c3c2CCC(C)(C)C3)cc(C)c1CCCNC(=O)CCO. The minimum absolute atomic E-state index is 0.108. The van der Waals surface area contributed by atoms with Gasteiger partial charge in [0.25, 0.3) is 0 Å². The molecule has 0 radical (unpaired) electrons. The molecule has 0 bridgehead atoms. The number of halogens is 3. The smallest absolute Gasteiger partial charge is 0.396 e. The summed E-state index contributed by atoms with van der Waals surface area (Å²) in [5.74, 6) is -0.358. The van der Waals surface area contributed by atoms with E-state index in [0.717, 1.165) is 36.8 Å². The number of rotatable bonds is 11. The molecule has 1 amide bonds. The van der Waals surface area contributed by atoms with Crippen molar-refractivity contribution >= 4 is 23.0 Å². The van der Waals surface area contributed by atoms with Crippen molar-refractivity contribution in [2.75, 3.05) is 13.2 Å². The lowest BCUT2D eigenvalue weighted by Crippen LogP contribution is -2.25. The third-order valence-corrected chi connectivity index (χ3v) is 8.61. The highest BCUT2D eigenvalue weighted by Crippen LogP contribution is 2.47. The van der Waals surface area contributed by atoms with E-state index in [9.17, 15) is 22.8 Å². The van der Waals surface area contributed by atoms with Gasteiger partial charge in [0.15, 0.2) is 5.78 Å². The van der Waals surface area contributed by atoms with E-state index >= 15 is 0 Å². The van der Waals surface area contributed by atoms with Crippen molar-refractivity contribution in [3.05, 3.63) is 55.3 Å². The molecule has 204 valence electrons. The van der Waals surface area contributed by atoms with Crippen molar-refractivity contribution in [3.63, 3.8) is 0 Å². The van der Waals surface area contributed by atoms with Crippen LogP contribution in [0, 0.1) is 12.3 Å². The number of hydrogen-bond donors (Lipinski definition) is 2. The molecule has 1 aromatic carbocycles. The van der Waals surface area contributed by atoms with Gasteiger partial charge in [-0.05, 0) is 90.7 Å². The highest BCUT2D eigenvalue weighted by molar-refractivity contribution is 7.14. The standard InChI is InChI=1S/C29H38F3NO3S/c1-5-20-16-19(15-18(2)21(20)7-6-13-33-25(36)11-14-34)8-9-24(35)26-22-10-12-28(3,4)17-23(22)27(37-26)29(30,31)32/h15-16,34H,5-14,17H2,1-4H3,(H,33,36). The third-order valence-electron chi connectivity index (χ3n) is 7.25. The Morgan fingerprint density at radius 3 is 2.51 bits per heavy atom. The summed E-state index contributed by atoms with van der Waals surface area (Å²) < 4.78 is 41.3. The maximum absolute atomic E-state index is 13.8. The average Bonchev–Trinajstić information content (AvgIpc) is 3.19. The van der Waals surface area contributed by atoms with Gasteiger partial charge in [-0.15, -0.1) is 11.3 Å². The fourth-order valence-corrected chi connectivity index (χ4v) is 6.48. The van der Waals surface area contributed by atoms with Crippen LogP contribution in [0.15, 0.2) is 12.1 Å². The van der Waals surface area contributed by atoms with Gasteiger partial charge in [0.1, 0.15) is 4.88 Å². The van der Waals surface area contributed by atoms with E-state index in [2.05, 4.69) is 24.4 Å². The molecule has 1 aliphatic rings. The van der Waals surface area contributed by atoms with E-state index in [-0.39, 0.29) is 36.6 Å². The van der Waals surface area contributed by atoms with Crippen LogP contribution >= 0.6 is 11.3 Å². The van der Waals surface area contributed by atoms with Crippen molar-refractivity contribution in [2.45, 2.75) is 91.7 Å². The van der Waals surface area contributed by atoms with E-state index in [0.29, 0.717) is 53.1 Å². The van der Waals surface area contributed by atoms with Crippen molar-refractivity contribution in [1.29, 1.82) is 0 Å². The van der Waals surface area contributed by atoms with Gasteiger partial charge in [-0.25, -0.2) is 0 Å². The Labute approximate surface area is 221 Å². The molecule has 2 aromatic rings. The summed E-state index contributed by atoms with van der Waals surface area (Å²) in [6, 6.07) is 4.17.